The van der Waals surface area contributed by atoms with Crippen molar-refractivity contribution in [2.45, 2.75) is 32.8 Å². The third-order valence-electron chi connectivity index (χ3n) is 4.62. The molecule has 150 valence electrons. The number of ether oxygens (including phenoxy) is 2. The van der Waals surface area contributed by atoms with E-state index in [1.165, 1.54) is 5.56 Å². The average molecular weight is 389 g/mol. The highest BCUT2D eigenvalue weighted by molar-refractivity contribution is 6.04. The molecule has 1 amide bonds. The fourth-order valence-electron chi connectivity index (χ4n) is 2.80. The maximum Gasteiger partial charge on any atom is 0.255 e. The number of anilines is 1. The molecule has 3 aromatic carbocycles. The van der Waals surface area contributed by atoms with Gasteiger partial charge in [-0.15, -0.1) is 0 Å². The Morgan fingerprint density at radius 2 is 1.69 bits per heavy atom. The Kier molecular flexibility index (Phi) is 7.28. The largest absolute Gasteiger partial charge is 0.493 e. The minimum Gasteiger partial charge on any atom is -0.493 e. The van der Waals surface area contributed by atoms with E-state index in [-0.39, 0.29) is 12.0 Å². The minimum atomic E-state index is -0.165. The number of rotatable bonds is 9. The quantitative estimate of drug-likeness (QED) is 0.508. The lowest BCUT2D eigenvalue weighted by Crippen LogP contribution is -2.13. The van der Waals surface area contributed by atoms with Crippen LogP contribution >= 0.6 is 0 Å². The zero-order valence-electron chi connectivity index (χ0n) is 16.9. The monoisotopic (exact) mass is 389 g/mol. The molecule has 1 unspecified atom stereocenters. The molecule has 0 spiro atoms. The van der Waals surface area contributed by atoms with E-state index in [9.17, 15) is 4.79 Å². The Hall–Kier alpha value is -3.27. The second kappa shape index (κ2) is 10.3. The van der Waals surface area contributed by atoms with Gasteiger partial charge < -0.3 is 14.8 Å². The molecule has 3 aromatic rings. The summed E-state index contributed by atoms with van der Waals surface area (Å²) in [5, 5.41) is 2.92. The molecule has 0 fully saturated rings. The van der Waals surface area contributed by atoms with E-state index in [1.807, 2.05) is 61.5 Å². The highest BCUT2D eigenvalue weighted by atomic mass is 16.5. The van der Waals surface area contributed by atoms with Crippen LogP contribution in [0.15, 0.2) is 78.9 Å². The summed E-state index contributed by atoms with van der Waals surface area (Å²) in [5.41, 5.74) is 2.52. The number of nitrogens with one attached hydrogen (secondary N) is 1. The predicted molar refractivity (Wildman–Crippen MR) is 117 cm³/mol. The first-order valence-electron chi connectivity index (χ1n) is 9.99. The molecule has 0 heterocycles. The van der Waals surface area contributed by atoms with Crippen LogP contribution in [-0.2, 0) is 6.42 Å². The van der Waals surface area contributed by atoms with Gasteiger partial charge in [-0.1, -0.05) is 43.3 Å². The van der Waals surface area contributed by atoms with Crippen LogP contribution in [0.2, 0.25) is 0 Å². The van der Waals surface area contributed by atoms with Gasteiger partial charge >= 0.3 is 0 Å². The summed E-state index contributed by atoms with van der Waals surface area (Å²) in [6.07, 6.45) is 1.92. The fraction of sp³-hybridized carbons (Fsp3) is 0.240. The Labute approximate surface area is 172 Å². The summed E-state index contributed by atoms with van der Waals surface area (Å²) in [5.74, 6) is 1.34. The van der Waals surface area contributed by atoms with Crippen LogP contribution in [0.25, 0.3) is 0 Å². The fourth-order valence-corrected chi connectivity index (χ4v) is 2.80. The predicted octanol–water partition coefficient (Wildman–Crippen LogP) is 5.74. The first-order chi connectivity index (χ1) is 14.1. The maximum atomic E-state index is 12.5. The molecule has 1 N–H and O–H groups in total. The summed E-state index contributed by atoms with van der Waals surface area (Å²) in [6.45, 7) is 4.68. The van der Waals surface area contributed by atoms with Crippen LogP contribution in [-0.4, -0.2) is 18.6 Å². The Morgan fingerprint density at radius 1 is 0.931 bits per heavy atom. The van der Waals surface area contributed by atoms with Crippen molar-refractivity contribution in [1.29, 1.82) is 0 Å². The summed E-state index contributed by atoms with van der Waals surface area (Å²) in [6, 6.07) is 24.9. The second-order valence-electron chi connectivity index (χ2n) is 6.93. The van der Waals surface area contributed by atoms with Gasteiger partial charge in [0.15, 0.2) is 0 Å². The molecule has 0 aliphatic rings. The Morgan fingerprint density at radius 3 is 2.41 bits per heavy atom. The molecule has 0 bridgehead atoms. The number of hydrogen-bond acceptors (Lipinski definition) is 3. The third-order valence-corrected chi connectivity index (χ3v) is 4.62. The van der Waals surface area contributed by atoms with Crippen molar-refractivity contribution in [2.24, 2.45) is 0 Å². The van der Waals surface area contributed by atoms with Gasteiger partial charge in [-0.3, -0.25) is 4.79 Å². The van der Waals surface area contributed by atoms with E-state index >= 15 is 0 Å². The number of amides is 1. The van der Waals surface area contributed by atoms with E-state index in [4.69, 9.17) is 9.47 Å². The van der Waals surface area contributed by atoms with Crippen LogP contribution in [0, 0.1) is 0 Å². The van der Waals surface area contributed by atoms with Crippen molar-refractivity contribution >= 4 is 11.6 Å². The van der Waals surface area contributed by atoms with E-state index < -0.39 is 0 Å². The molecule has 1 atom stereocenters. The van der Waals surface area contributed by atoms with Crippen LogP contribution in [0.5, 0.6) is 11.5 Å². The van der Waals surface area contributed by atoms with Gasteiger partial charge in [0.2, 0.25) is 0 Å². The number of carbonyl (C=O) groups excluding carboxylic acids is 1. The third kappa shape index (κ3) is 6.39. The van der Waals surface area contributed by atoms with Crippen molar-refractivity contribution in [2.75, 3.05) is 11.9 Å². The maximum absolute atomic E-state index is 12.5. The van der Waals surface area contributed by atoms with Crippen LogP contribution in [0.4, 0.5) is 5.69 Å². The molecule has 0 aliphatic carbocycles. The van der Waals surface area contributed by atoms with E-state index in [0.717, 1.165) is 24.3 Å². The molecule has 0 saturated heterocycles. The van der Waals surface area contributed by atoms with Gasteiger partial charge in [-0.25, -0.2) is 0 Å². The van der Waals surface area contributed by atoms with E-state index in [1.54, 1.807) is 12.1 Å². The van der Waals surface area contributed by atoms with Gasteiger partial charge in [0.1, 0.15) is 11.5 Å². The molecular weight excluding hydrogens is 362 g/mol. The second-order valence-corrected chi connectivity index (χ2v) is 6.93. The zero-order valence-corrected chi connectivity index (χ0v) is 16.9. The molecule has 3 rings (SSSR count). The van der Waals surface area contributed by atoms with Gasteiger partial charge in [0.25, 0.3) is 5.91 Å². The van der Waals surface area contributed by atoms with Crippen LogP contribution < -0.4 is 14.8 Å². The average Bonchev–Trinajstić information content (AvgIpc) is 2.75. The lowest BCUT2D eigenvalue weighted by molar-refractivity contribution is 0.102. The molecule has 0 aliphatic heterocycles. The van der Waals surface area contributed by atoms with E-state index in [2.05, 4.69) is 24.4 Å². The molecule has 4 nitrogen and oxygen atoms in total. The molecule has 0 radical (unpaired) electrons. The molecule has 4 heteroatoms. The van der Waals surface area contributed by atoms with Gasteiger partial charge in [0, 0.05) is 23.7 Å². The SMILES string of the molecule is CCC(C)Oc1ccc(C(=O)Nc2cccc(OCCc3ccccc3)c2)cc1. The lowest BCUT2D eigenvalue weighted by atomic mass is 10.2. The van der Waals surface area contributed by atoms with Gasteiger partial charge in [-0.2, -0.15) is 0 Å². The van der Waals surface area contributed by atoms with Crippen LogP contribution in [0.3, 0.4) is 0 Å². The summed E-state index contributed by atoms with van der Waals surface area (Å²) < 4.78 is 11.6. The molecule has 29 heavy (non-hydrogen) atoms. The normalized spacial score (nSPS) is 11.5. The Balaban J connectivity index is 1.54. The van der Waals surface area contributed by atoms with Crippen LogP contribution in [0.1, 0.15) is 36.2 Å². The van der Waals surface area contributed by atoms with Crippen molar-refractivity contribution in [3.05, 3.63) is 90.0 Å². The standard InChI is InChI=1S/C25H27NO3/c1-3-19(2)29-23-14-12-21(13-15-23)25(27)26-22-10-7-11-24(18-22)28-17-16-20-8-5-4-6-9-20/h4-15,18-19H,3,16-17H2,1-2H3,(H,26,27). The van der Waals surface area contributed by atoms with Crippen molar-refractivity contribution in [3.8, 4) is 11.5 Å². The smallest absolute Gasteiger partial charge is 0.255 e. The van der Waals surface area contributed by atoms with Crippen molar-refractivity contribution in [1.82, 2.24) is 0 Å². The van der Waals surface area contributed by atoms with Crippen molar-refractivity contribution < 1.29 is 14.3 Å². The number of carbonyl (C=O) groups is 1. The first kappa shape index (κ1) is 20.5. The first-order valence-corrected chi connectivity index (χ1v) is 9.99. The topological polar surface area (TPSA) is 47.6 Å². The Bertz CT molecular complexity index is 907. The highest BCUT2D eigenvalue weighted by Gasteiger charge is 2.08. The summed E-state index contributed by atoms with van der Waals surface area (Å²) >= 11 is 0. The minimum absolute atomic E-state index is 0.152. The number of hydrogen-bond donors (Lipinski definition) is 1. The van der Waals surface area contributed by atoms with E-state index in [0.29, 0.717) is 17.9 Å². The molecular formula is C25H27NO3. The number of benzene rings is 3. The molecule has 0 aromatic heterocycles. The zero-order chi connectivity index (χ0) is 20.5. The van der Waals surface area contributed by atoms with Crippen molar-refractivity contribution in [3.63, 3.8) is 0 Å². The summed E-state index contributed by atoms with van der Waals surface area (Å²) in [4.78, 5) is 12.5. The van der Waals surface area contributed by atoms with Gasteiger partial charge in [0.05, 0.1) is 12.7 Å². The molecule has 0 saturated carbocycles. The lowest BCUT2D eigenvalue weighted by Gasteiger charge is -2.13. The van der Waals surface area contributed by atoms with Gasteiger partial charge in [-0.05, 0) is 55.3 Å². The summed E-state index contributed by atoms with van der Waals surface area (Å²) in [7, 11) is 0. The highest BCUT2D eigenvalue weighted by Crippen LogP contribution is 2.20.